The fourth-order valence-electron chi connectivity index (χ4n) is 1.30. The first-order chi connectivity index (χ1) is 8.05. The Morgan fingerprint density at radius 3 is 2.71 bits per heavy atom. The predicted octanol–water partition coefficient (Wildman–Crippen LogP) is 2.93. The van der Waals surface area contributed by atoms with E-state index >= 15 is 0 Å². The Kier molecular flexibility index (Phi) is 2.20. The molecule has 0 atom stereocenters. The molecule has 0 saturated carbocycles. The molecule has 0 aliphatic carbocycles. The van der Waals surface area contributed by atoms with Crippen LogP contribution in [0.1, 0.15) is 5.01 Å². The molecule has 0 fully saturated rings. The zero-order chi connectivity index (χ0) is 12.0. The van der Waals surface area contributed by atoms with E-state index < -0.39 is 11.2 Å². The molecule has 0 aromatic carbocycles. The molecule has 17 heavy (non-hydrogen) atoms. The first kappa shape index (κ1) is 10.7. The third-order valence-corrected chi connectivity index (χ3v) is 3.64. The molecule has 9 heteroatoms. The van der Waals surface area contributed by atoms with Crippen molar-refractivity contribution in [3.63, 3.8) is 0 Å². The number of hydrogen-bond donors (Lipinski definition) is 0. The van der Waals surface area contributed by atoms with Gasteiger partial charge in [-0.3, -0.25) is 0 Å². The van der Waals surface area contributed by atoms with Crippen LogP contribution in [0.2, 0.25) is 0 Å². The van der Waals surface area contributed by atoms with Gasteiger partial charge in [0.2, 0.25) is 9.97 Å². The van der Waals surface area contributed by atoms with Gasteiger partial charge >= 0.3 is 6.18 Å². The molecule has 0 saturated heterocycles. The fourth-order valence-corrected chi connectivity index (χ4v) is 2.64. The van der Waals surface area contributed by atoms with E-state index in [1.165, 1.54) is 11.3 Å². The summed E-state index contributed by atoms with van der Waals surface area (Å²) >= 11 is 1.91. The predicted molar refractivity (Wildman–Crippen MR) is 57.0 cm³/mol. The normalized spacial score (nSPS) is 12.4. The second-order valence-electron chi connectivity index (χ2n) is 3.13. The highest BCUT2D eigenvalue weighted by Crippen LogP contribution is 2.33. The third kappa shape index (κ3) is 1.71. The van der Waals surface area contributed by atoms with Crippen LogP contribution in [0.3, 0.4) is 0 Å². The van der Waals surface area contributed by atoms with E-state index in [-0.39, 0.29) is 4.96 Å². The Morgan fingerprint density at radius 2 is 2.06 bits per heavy atom. The van der Waals surface area contributed by atoms with E-state index in [1.807, 2.05) is 5.38 Å². The second kappa shape index (κ2) is 3.50. The molecule has 3 rings (SSSR count). The lowest BCUT2D eigenvalue weighted by atomic mass is 10.3. The van der Waals surface area contributed by atoms with E-state index in [0.717, 1.165) is 4.52 Å². The summed E-state index contributed by atoms with van der Waals surface area (Å²) in [7, 11) is 0. The number of nitrogens with zero attached hydrogens (tertiary/aromatic N) is 4. The number of fused-ring (bicyclic) bond motifs is 1. The molecule has 0 aliphatic rings. The monoisotopic (exact) mass is 276 g/mol. The average Bonchev–Trinajstić information content (AvgIpc) is 2.91. The van der Waals surface area contributed by atoms with E-state index in [9.17, 15) is 13.2 Å². The van der Waals surface area contributed by atoms with Gasteiger partial charge in [-0.15, -0.1) is 15.3 Å². The van der Waals surface area contributed by atoms with Gasteiger partial charge in [0.1, 0.15) is 0 Å². The summed E-state index contributed by atoms with van der Waals surface area (Å²) in [5.41, 5.74) is 0.710. The fraction of sp³-hybridized carbons (Fsp3) is 0.125. The van der Waals surface area contributed by atoms with Gasteiger partial charge in [-0.25, -0.2) is 0 Å². The molecule has 0 spiro atoms. The molecule has 4 nitrogen and oxygen atoms in total. The molecule has 0 amide bonds. The number of alkyl halides is 3. The summed E-state index contributed by atoms with van der Waals surface area (Å²) in [4.78, 5) is 0.138. The van der Waals surface area contributed by atoms with Gasteiger partial charge in [0, 0.05) is 10.9 Å². The number of aromatic nitrogens is 4. The van der Waals surface area contributed by atoms with Crippen molar-refractivity contribution in [3.8, 4) is 11.4 Å². The Bertz CT molecular complexity index is 652. The summed E-state index contributed by atoms with van der Waals surface area (Å²) in [6, 6.07) is 1.76. The summed E-state index contributed by atoms with van der Waals surface area (Å²) in [5, 5.41) is 13.7. The first-order valence-corrected chi connectivity index (χ1v) is 6.13. The summed E-state index contributed by atoms with van der Waals surface area (Å²) in [5.74, 6) is 0.327. The minimum absolute atomic E-state index is 0.138. The number of thiophene rings is 1. The molecule has 3 aromatic rings. The van der Waals surface area contributed by atoms with Gasteiger partial charge < -0.3 is 0 Å². The Hall–Kier alpha value is -1.48. The minimum atomic E-state index is -4.45. The van der Waals surface area contributed by atoms with Crippen LogP contribution in [0.25, 0.3) is 16.3 Å². The standard InChI is InChI=1S/C8H3F3N4S2/c9-8(10,11)6-14-15-5(4-1-2-16-3-4)12-13-7(15)17-6/h1-3H. The summed E-state index contributed by atoms with van der Waals surface area (Å²) < 4.78 is 38.5. The van der Waals surface area contributed by atoms with Crippen LogP contribution in [0.15, 0.2) is 16.8 Å². The van der Waals surface area contributed by atoms with Crippen molar-refractivity contribution in [2.75, 3.05) is 0 Å². The minimum Gasteiger partial charge on any atom is -0.182 e. The average molecular weight is 276 g/mol. The second-order valence-corrected chi connectivity index (χ2v) is 4.87. The summed E-state index contributed by atoms with van der Waals surface area (Å²) in [6.45, 7) is 0. The molecule has 0 radical (unpaired) electrons. The van der Waals surface area contributed by atoms with E-state index in [2.05, 4.69) is 15.3 Å². The van der Waals surface area contributed by atoms with E-state index in [0.29, 0.717) is 22.7 Å². The molecule has 0 unspecified atom stereocenters. The van der Waals surface area contributed by atoms with E-state index in [4.69, 9.17) is 0 Å². The van der Waals surface area contributed by atoms with Crippen molar-refractivity contribution in [2.45, 2.75) is 6.18 Å². The van der Waals surface area contributed by atoms with Crippen molar-refractivity contribution in [3.05, 3.63) is 21.8 Å². The molecule has 0 N–H and O–H groups in total. The van der Waals surface area contributed by atoms with Crippen molar-refractivity contribution in [1.29, 1.82) is 0 Å². The topological polar surface area (TPSA) is 43.1 Å². The number of halogens is 3. The van der Waals surface area contributed by atoms with Crippen LogP contribution in [0, 0.1) is 0 Å². The lowest BCUT2D eigenvalue weighted by Crippen LogP contribution is -2.05. The zero-order valence-corrected chi connectivity index (χ0v) is 9.60. The van der Waals surface area contributed by atoms with Crippen molar-refractivity contribution >= 4 is 27.6 Å². The van der Waals surface area contributed by atoms with Crippen LogP contribution >= 0.6 is 22.7 Å². The van der Waals surface area contributed by atoms with Gasteiger partial charge in [-0.2, -0.15) is 29.0 Å². The smallest absolute Gasteiger partial charge is 0.182 e. The number of rotatable bonds is 1. The highest BCUT2D eigenvalue weighted by molar-refractivity contribution is 7.16. The highest BCUT2D eigenvalue weighted by atomic mass is 32.1. The molecule has 0 aliphatic heterocycles. The molecule has 88 valence electrons. The highest BCUT2D eigenvalue weighted by Gasteiger charge is 2.36. The molecule has 3 aromatic heterocycles. The van der Waals surface area contributed by atoms with Crippen molar-refractivity contribution < 1.29 is 13.2 Å². The lowest BCUT2D eigenvalue weighted by molar-refractivity contribution is -0.138. The van der Waals surface area contributed by atoms with Crippen molar-refractivity contribution in [1.82, 2.24) is 19.8 Å². The van der Waals surface area contributed by atoms with Crippen LogP contribution in [0.5, 0.6) is 0 Å². The van der Waals surface area contributed by atoms with Crippen LogP contribution in [-0.4, -0.2) is 19.8 Å². The maximum Gasteiger partial charge on any atom is 0.445 e. The third-order valence-electron chi connectivity index (χ3n) is 2.01. The molecular formula is C8H3F3N4S2. The van der Waals surface area contributed by atoms with Crippen LogP contribution in [0.4, 0.5) is 13.2 Å². The SMILES string of the molecule is FC(F)(F)c1nn2c(-c3ccsc3)nnc2s1. The lowest BCUT2D eigenvalue weighted by Gasteiger charge is -1.98. The maximum absolute atomic E-state index is 12.5. The quantitative estimate of drug-likeness (QED) is 0.686. The Labute approximate surface area is 100 Å². The van der Waals surface area contributed by atoms with Gasteiger partial charge in [-0.05, 0) is 11.4 Å². The van der Waals surface area contributed by atoms with Gasteiger partial charge in [0.15, 0.2) is 5.82 Å². The van der Waals surface area contributed by atoms with Crippen molar-refractivity contribution in [2.24, 2.45) is 0 Å². The molecule has 3 heterocycles. The number of hydrogen-bond acceptors (Lipinski definition) is 5. The van der Waals surface area contributed by atoms with Gasteiger partial charge in [-0.1, -0.05) is 11.3 Å². The largest absolute Gasteiger partial charge is 0.445 e. The Balaban J connectivity index is 2.19. The van der Waals surface area contributed by atoms with Gasteiger partial charge in [0.05, 0.1) is 0 Å². The zero-order valence-electron chi connectivity index (χ0n) is 7.97. The first-order valence-electron chi connectivity index (χ1n) is 4.38. The van der Waals surface area contributed by atoms with Crippen LogP contribution < -0.4 is 0 Å². The summed E-state index contributed by atoms with van der Waals surface area (Å²) in [6.07, 6.45) is -4.45. The molecular weight excluding hydrogens is 273 g/mol. The van der Waals surface area contributed by atoms with Gasteiger partial charge in [0.25, 0.3) is 0 Å². The maximum atomic E-state index is 12.5. The van der Waals surface area contributed by atoms with Crippen LogP contribution in [-0.2, 0) is 6.18 Å². The Morgan fingerprint density at radius 1 is 1.24 bits per heavy atom. The van der Waals surface area contributed by atoms with E-state index in [1.54, 1.807) is 11.4 Å². The molecule has 0 bridgehead atoms.